The maximum atomic E-state index is 5.76. The minimum atomic E-state index is 0.655. The first-order chi connectivity index (χ1) is 9.61. The van der Waals surface area contributed by atoms with Crippen LogP contribution in [0.3, 0.4) is 0 Å². The number of anilines is 1. The quantitative estimate of drug-likeness (QED) is 0.943. The first-order valence-corrected chi connectivity index (χ1v) is 8.05. The van der Waals surface area contributed by atoms with Gasteiger partial charge in [0, 0.05) is 38.8 Å². The van der Waals surface area contributed by atoms with Gasteiger partial charge in [0.05, 0.1) is 10.2 Å². The predicted molar refractivity (Wildman–Crippen MR) is 86.0 cm³/mol. The normalized spacial score (nSPS) is 18.1. The van der Waals surface area contributed by atoms with Crippen molar-refractivity contribution in [3.05, 3.63) is 23.8 Å². The number of benzene rings is 1. The number of thiazole rings is 1. The summed E-state index contributed by atoms with van der Waals surface area (Å²) >= 11 is 1.57. The number of hydrogen-bond donors (Lipinski definition) is 1. The molecule has 4 nitrogen and oxygen atoms in total. The van der Waals surface area contributed by atoms with E-state index in [0.717, 1.165) is 25.2 Å². The minimum Gasteiger partial charge on any atom is -0.375 e. The lowest BCUT2D eigenvalue weighted by molar-refractivity contribution is 0.104. The molecular weight excluding hydrogens is 268 g/mol. The van der Waals surface area contributed by atoms with E-state index in [0.29, 0.717) is 11.2 Å². The minimum absolute atomic E-state index is 0.655. The van der Waals surface area contributed by atoms with Gasteiger partial charge in [0.2, 0.25) is 0 Å². The molecule has 2 aromatic rings. The van der Waals surface area contributed by atoms with Gasteiger partial charge in [-0.25, -0.2) is 4.98 Å². The van der Waals surface area contributed by atoms with E-state index in [4.69, 9.17) is 5.73 Å². The number of nitrogens with two attached hydrogens (primary N) is 1. The van der Waals surface area contributed by atoms with Crippen LogP contribution in [0.15, 0.2) is 18.2 Å². The summed E-state index contributed by atoms with van der Waals surface area (Å²) < 4.78 is 1.20. The van der Waals surface area contributed by atoms with Crippen LogP contribution in [0, 0.1) is 0 Å². The molecule has 0 aliphatic carbocycles. The molecule has 0 unspecified atom stereocenters. The highest BCUT2D eigenvalue weighted by molar-refractivity contribution is 7.22. The highest BCUT2D eigenvalue weighted by Crippen LogP contribution is 2.25. The predicted octanol–water partition coefficient (Wildman–Crippen LogP) is 2.40. The van der Waals surface area contributed by atoms with Crippen LogP contribution in [0.1, 0.15) is 19.4 Å². The van der Waals surface area contributed by atoms with Crippen LogP contribution in [-0.4, -0.2) is 47.0 Å². The fraction of sp³-hybridized carbons (Fsp3) is 0.533. The highest BCUT2D eigenvalue weighted by Gasteiger charge is 2.18. The third kappa shape index (κ3) is 2.95. The van der Waals surface area contributed by atoms with Crippen molar-refractivity contribution in [2.24, 2.45) is 0 Å². The summed E-state index contributed by atoms with van der Waals surface area (Å²) in [6.07, 6.45) is 0. The average molecular weight is 290 g/mol. The van der Waals surface area contributed by atoms with E-state index in [2.05, 4.69) is 46.8 Å². The maximum absolute atomic E-state index is 5.76. The number of aromatic nitrogens is 1. The molecule has 20 heavy (non-hydrogen) atoms. The number of hydrogen-bond acceptors (Lipinski definition) is 5. The molecule has 2 heterocycles. The topological polar surface area (TPSA) is 45.4 Å². The number of nitrogens with zero attached hydrogens (tertiary/aromatic N) is 3. The molecule has 0 atom stereocenters. The Labute approximate surface area is 124 Å². The van der Waals surface area contributed by atoms with E-state index in [1.54, 1.807) is 11.3 Å². The van der Waals surface area contributed by atoms with E-state index < -0.39 is 0 Å². The van der Waals surface area contributed by atoms with Gasteiger partial charge in [0.25, 0.3) is 0 Å². The monoisotopic (exact) mass is 290 g/mol. The lowest BCUT2D eigenvalue weighted by Crippen LogP contribution is -2.48. The second-order valence-corrected chi connectivity index (χ2v) is 6.82. The molecule has 1 saturated heterocycles. The summed E-state index contributed by atoms with van der Waals surface area (Å²) in [6, 6.07) is 7.16. The summed E-state index contributed by atoms with van der Waals surface area (Å²) in [7, 11) is 0. The van der Waals surface area contributed by atoms with Gasteiger partial charge in [0.1, 0.15) is 0 Å². The van der Waals surface area contributed by atoms with Crippen molar-refractivity contribution in [2.75, 3.05) is 31.9 Å². The standard InChI is InChI=1S/C15H22N4S/c1-11(2)19-7-5-18(6-8-19)10-12-3-4-13-14(9-12)20-15(16)17-13/h3-4,9,11H,5-8,10H2,1-2H3,(H2,16,17). The summed E-state index contributed by atoms with van der Waals surface area (Å²) in [5, 5.41) is 0.655. The summed E-state index contributed by atoms with van der Waals surface area (Å²) in [5.74, 6) is 0. The van der Waals surface area contributed by atoms with Gasteiger partial charge in [-0.1, -0.05) is 17.4 Å². The average Bonchev–Trinajstić information content (AvgIpc) is 2.78. The molecule has 1 aromatic heterocycles. The number of fused-ring (bicyclic) bond motifs is 1. The maximum Gasteiger partial charge on any atom is 0.181 e. The Morgan fingerprint density at radius 3 is 2.70 bits per heavy atom. The fourth-order valence-corrected chi connectivity index (χ4v) is 3.58. The van der Waals surface area contributed by atoms with E-state index in [1.165, 1.54) is 23.4 Å². The molecule has 1 aromatic carbocycles. The van der Waals surface area contributed by atoms with Crippen molar-refractivity contribution in [3.8, 4) is 0 Å². The lowest BCUT2D eigenvalue weighted by atomic mass is 10.2. The van der Waals surface area contributed by atoms with Crippen molar-refractivity contribution >= 4 is 26.7 Å². The molecule has 3 rings (SSSR count). The molecule has 2 N–H and O–H groups in total. The van der Waals surface area contributed by atoms with Crippen molar-refractivity contribution in [2.45, 2.75) is 26.4 Å². The Morgan fingerprint density at radius 2 is 2.00 bits per heavy atom. The van der Waals surface area contributed by atoms with Gasteiger partial charge in [-0.3, -0.25) is 9.80 Å². The molecule has 0 spiro atoms. The van der Waals surface area contributed by atoms with Crippen LogP contribution in [0.5, 0.6) is 0 Å². The van der Waals surface area contributed by atoms with Crippen LogP contribution in [-0.2, 0) is 6.54 Å². The van der Waals surface area contributed by atoms with E-state index >= 15 is 0 Å². The molecule has 1 aliphatic heterocycles. The second-order valence-electron chi connectivity index (χ2n) is 5.76. The number of nitrogen functional groups attached to an aromatic ring is 1. The van der Waals surface area contributed by atoms with Gasteiger partial charge in [-0.15, -0.1) is 0 Å². The summed E-state index contributed by atoms with van der Waals surface area (Å²) in [5.41, 5.74) is 8.13. The van der Waals surface area contributed by atoms with E-state index in [1.807, 2.05) is 0 Å². The first-order valence-electron chi connectivity index (χ1n) is 7.23. The van der Waals surface area contributed by atoms with Crippen molar-refractivity contribution in [1.82, 2.24) is 14.8 Å². The summed E-state index contributed by atoms with van der Waals surface area (Å²) in [6.45, 7) is 10.2. The largest absolute Gasteiger partial charge is 0.375 e. The number of piperazine rings is 1. The Bertz CT molecular complexity index is 585. The Hall–Kier alpha value is -1.17. The van der Waals surface area contributed by atoms with Gasteiger partial charge < -0.3 is 5.73 Å². The number of rotatable bonds is 3. The fourth-order valence-electron chi connectivity index (χ4n) is 2.78. The zero-order valence-corrected chi connectivity index (χ0v) is 13.0. The van der Waals surface area contributed by atoms with Crippen LogP contribution in [0.4, 0.5) is 5.13 Å². The van der Waals surface area contributed by atoms with Gasteiger partial charge in [-0.05, 0) is 31.5 Å². The van der Waals surface area contributed by atoms with Crippen LogP contribution in [0.2, 0.25) is 0 Å². The van der Waals surface area contributed by atoms with Gasteiger partial charge in [-0.2, -0.15) is 0 Å². The molecule has 0 saturated carbocycles. The molecule has 1 aliphatic rings. The highest BCUT2D eigenvalue weighted by atomic mass is 32.1. The van der Waals surface area contributed by atoms with Crippen LogP contribution in [0.25, 0.3) is 10.2 Å². The molecule has 0 amide bonds. The zero-order chi connectivity index (χ0) is 14.1. The first kappa shape index (κ1) is 13.8. The summed E-state index contributed by atoms with van der Waals surface area (Å²) in [4.78, 5) is 9.38. The lowest BCUT2D eigenvalue weighted by Gasteiger charge is -2.36. The molecule has 1 fully saturated rings. The van der Waals surface area contributed by atoms with Gasteiger partial charge >= 0.3 is 0 Å². The molecule has 5 heteroatoms. The van der Waals surface area contributed by atoms with Crippen molar-refractivity contribution < 1.29 is 0 Å². The smallest absolute Gasteiger partial charge is 0.181 e. The molecule has 0 bridgehead atoms. The Balaban J connectivity index is 1.65. The molecule has 0 radical (unpaired) electrons. The van der Waals surface area contributed by atoms with E-state index in [9.17, 15) is 0 Å². The Kier molecular flexibility index (Phi) is 3.92. The molecular formula is C15H22N4S. The SMILES string of the molecule is CC(C)N1CCN(Cc2ccc3nc(N)sc3c2)CC1. The third-order valence-corrected chi connectivity index (χ3v) is 4.86. The third-order valence-electron chi connectivity index (χ3n) is 4.01. The van der Waals surface area contributed by atoms with Gasteiger partial charge in [0.15, 0.2) is 5.13 Å². The second kappa shape index (κ2) is 5.68. The van der Waals surface area contributed by atoms with E-state index in [-0.39, 0.29) is 0 Å². The Morgan fingerprint density at radius 1 is 1.25 bits per heavy atom. The van der Waals surface area contributed by atoms with Crippen LogP contribution >= 0.6 is 11.3 Å². The van der Waals surface area contributed by atoms with Crippen LogP contribution < -0.4 is 5.73 Å². The van der Waals surface area contributed by atoms with Crippen molar-refractivity contribution in [3.63, 3.8) is 0 Å². The van der Waals surface area contributed by atoms with Crippen molar-refractivity contribution in [1.29, 1.82) is 0 Å². The molecule has 108 valence electrons. The zero-order valence-electron chi connectivity index (χ0n) is 12.2.